The zero-order chi connectivity index (χ0) is 13.0. The van der Waals surface area contributed by atoms with E-state index in [-0.39, 0.29) is 0 Å². The fourth-order valence-electron chi connectivity index (χ4n) is 2.34. The molecule has 1 aliphatic rings. The smallest absolute Gasteiger partial charge is 0.107 e. The molecule has 18 heavy (non-hydrogen) atoms. The van der Waals surface area contributed by atoms with Gasteiger partial charge in [0.05, 0.1) is 5.69 Å². The van der Waals surface area contributed by atoms with Gasteiger partial charge >= 0.3 is 0 Å². The first kappa shape index (κ1) is 13.9. The predicted molar refractivity (Wildman–Crippen MR) is 76.9 cm³/mol. The van der Waals surface area contributed by atoms with Crippen molar-refractivity contribution < 1.29 is 0 Å². The van der Waals surface area contributed by atoms with Crippen LogP contribution in [0.2, 0.25) is 0 Å². The fraction of sp³-hybridized carbons (Fsp3) is 0.769. The molecular weight excluding hydrogens is 244 g/mol. The molecule has 1 aliphatic heterocycles. The van der Waals surface area contributed by atoms with Crippen LogP contribution in [0.25, 0.3) is 0 Å². The Kier molecular flexibility index (Phi) is 5.12. The summed E-state index contributed by atoms with van der Waals surface area (Å²) in [6.45, 7) is 7.41. The summed E-state index contributed by atoms with van der Waals surface area (Å²) in [4.78, 5) is 9.52. The highest BCUT2D eigenvalue weighted by Crippen LogP contribution is 2.17. The summed E-state index contributed by atoms with van der Waals surface area (Å²) >= 11 is 1.77. The quantitative estimate of drug-likeness (QED) is 0.845. The first-order chi connectivity index (χ1) is 8.69. The van der Waals surface area contributed by atoms with E-state index in [9.17, 15) is 0 Å². The molecule has 1 aromatic rings. The van der Waals surface area contributed by atoms with E-state index < -0.39 is 0 Å². The maximum atomic E-state index is 4.68. The van der Waals surface area contributed by atoms with Crippen molar-refractivity contribution >= 4 is 11.3 Å². The number of hydrogen-bond donors (Lipinski definition) is 1. The summed E-state index contributed by atoms with van der Waals surface area (Å²) in [6.07, 6.45) is 1.28. The second-order valence-corrected chi connectivity index (χ2v) is 6.10. The number of aromatic nitrogens is 1. The van der Waals surface area contributed by atoms with Crippen LogP contribution in [-0.4, -0.2) is 54.6 Å². The summed E-state index contributed by atoms with van der Waals surface area (Å²) in [6, 6.07) is 0.713. The molecule has 2 heterocycles. The lowest BCUT2D eigenvalue weighted by molar-refractivity contribution is 0.263. The molecule has 0 amide bonds. The third-order valence-corrected chi connectivity index (χ3v) is 4.39. The normalized spacial score (nSPS) is 21.0. The second-order valence-electron chi connectivity index (χ2n) is 5.15. The van der Waals surface area contributed by atoms with Gasteiger partial charge in [-0.15, -0.1) is 11.3 Å². The topological polar surface area (TPSA) is 31.4 Å². The van der Waals surface area contributed by atoms with Crippen molar-refractivity contribution in [2.24, 2.45) is 0 Å². The van der Waals surface area contributed by atoms with E-state index in [2.05, 4.69) is 46.5 Å². The van der Waals surface area contributed by atoms with Crippen molar-refractivity contribution in [2.75, 3.05) is 33.7 Å². The van der Waals surface area contributed by atoms with Crippen molar-refractivity contribution in [3.8, 4) is 0 Å². The molecule has 0 radical (unpaired) electrons. The molecule has 0 saturated carbocycles. The highest BCUT2D eigenvalue weighted by Gasteiger charge is 2.24. The first-order valence-electron chi connectivity index (χ1n) is 6.71. The molecule has 1 atom stereocenters. The van der Waals surface area contributed by atoms with Crippen LogP contribution in [0, 0.1) is 0 Å². The van der Waals surface area contributed by atoms with Gasteiger partial charge in [0.2, 0.25) is 0 Å². The van der Waals surface area contributed by atoms with Crippen LogP contribution in [0.4, 0.5) is 0 Å². The Morgan fingerprint density at radius 1 is 1.56 bits per heavy atom. The summed E-state index contributed by atoms with van der Waals surface area (Å²) in [7, 11) is 4.34. The Morgan fingerprint density at radius 2 is 2.39 bits per heavy atom. The molecular formula is C13H24N4S. The van der Waals surface area contributed by atoms with Gasteiger partial charge in [-0.2, -0.15) is 0 Å². The highest BCUT2D eigenvalue weighted by atomic mass is 32.1. The van der Waals surface area contributed by atoms with E-state index in [0.717, 1.165) is 19.6 Å². The molecule has 5 heteroatoms. The molecule has 102 valence electrons. The number of likely N-dealkylation sites (N-methyl/N-ethyl adjacent to an activating group) is 1. The van der Waals surface area contributed by atoms with E-state index in [4.69, 9.17) is 0 Å². The Labute approximate surface area is 114 Å². The highest BCUT2D eigenvalue weighted by molar-refractivity contribution is 7.09. The van der Waals surface area contributed by atoms with Crippen LogP contribution in [0.15, 0.2) is 5.38 Å². The standard InChI is InChI=1S/C13H24N4S/c1-4-14-7-13-15-11(10-18-13)8-17-6-5-12(9-17)16(2)3/h10,12,14H,4-9H2,1-3H3. The number of rotatable bonds is 6. The second kappa shape index (κ2) is 6.61. The molecule has 1 fully saturated rings. The van der Waals surface area contributed by atoms with Crippen molar-refractivity contribution in [3.05, 3.63) is 16.1 Å². The van der Waals surface area contributed by atoms with Gasteiger partial charge in [0.25, 0.3) is 0 Å². The van der Waals surface area contributed by atoms with Gasteiger partial charge in [0, 0.05) is 37.6 Å². The minimum absolute atomic E-state index is 0.713. The van der Waals surface area contributed by atoms with Crippen LogP contribution in [0.3, 0.4) is 0 Å². The molecule has 1 unspecified atom stereocenters. The molecule has 0 aliphatic carbocycles. The molecule has 2 rings (SSSR count). The van der Waals surface area contributed by atoms with Crippen LogP contribution < -0.4 is 5.32 Å². The number of nitrogens with one attached hydrogen (secondary N) is 1. The van der Waals surface area contributed by atoms with Crippen molar-refractivity contribution in [1.82, 2.24) is 20.1 Å². The Balaban J connectivity index is 1.81. The van der Waals surface area contributed by atoms with E-state index in [1.54, 1.807) is 11.3 Å². The zero-order valence-electron chi connectivity index (χ0n) is 11.6. The van der Waals surface area contributed by atoms with Crippen LogP contribution in [0.1, 0.15) is 24.0 Å². The molecule has 1 saturated heterocycles. The Morgan fingerprint density at radius 3 is 3.06 bits per heavy atom. The fourth-order valence-corrected chi connectivity index (χ4v) is 3.10. The Bertz CT molecular complexity index is 364. The molecule has 0 aromatic carbocycles. The number of hydrogen-bond acceptors (Lipinski definition) is 5. The maximum absolute atomic E-state index is 4.68. The molecule has 0 bridgehead atoms. The van der Waals surface area contributed by atoms with Gasteiger partial charge in [-0.3, -0.25) is 4.90 Å². The molecule has 4 nitrogen and oxygen atoms in total. The van der Waals surface area contributed by atoms with Crippen molar-refractivity contribution in [3.63, 3.8) is 0 Å². The summed E-state index contributed by atoms with van der Waals surface area (Å²) < 4.78 is 0. The first-order valence-corrected chi connectivity index (χ1v) is 7.59. The number of thiazole rings is 1. The lowest BCUT2D eigenvalue weighted by atomic mass is 10.2. The number of likely N-dealkylation sites (tertiary alicyclic amines) is 1. The average Bonchev–Trinajstić information content (AvgIpc) is 2.96. The molecule has 1 aromatic heterocycles. The lowest BCUT2D eigenvalue weighted by Crippen LogP contribution is -2.31. The van der Waals surface area contributed by atoms with Crippen molar-refractivity contribution in [2.45, 2.75) is 32.5 Å². The minimum Gasteiger partial charge on any atom is -0.311 e. The van der Waals surface area contributed by atoms with Gasteiger partial charge in [-0.05, 0) is 27.1 Å². The summed E-state index contributed by atoms with van der Waals surface area (Å²) in [5.41, 5.74) is 1.23. The lowest BCUT2D eigenvalue weighted by Gasteiger charge is -2.19. The van der Waals surface area contributed by atoms with Gasteiger partial charge in [0.1, 0.15) is 5.01 Å². The van der Waals surface area contributed by atoms with Crippen LogP contribution in [0.5, 0.6) is 0 Å². The van der Waals surface area contributed by atoms with Gasteiger partial charge in [-0.25, -0.2) is 4.98 Å². The van der Waals surface area contributed by atoms with E-state index in [1.807, 2.05) is 0 Å². The summed E-state index contributed by atoms with van der Waals surface area (Å²) in [5.74, 6) is 0. The van der Waals surface area contributed by atoms with Gasteiger partial charge < -0.3 is 10.2 Å². The largest absolute Gasteiger partial charge is 0.311 e. The summed E-state index contributed by atoms with van der Waals surface area (Å²) in [5, 5.41) is 6.73. The number of nitrogens with zero attached hydrogens (tertiary/aromatic N) is 3. The zero-order valence-corrected chi connectivity index (χ0v) is 12.5. The molecule has 1 N–H and O–H groups in total. The predicted octanol–water partition coefficient (Wildman–Crippen LogP) is 1.39. The van der Waals surface area contributed by atoms with E-state index >= 15 is 0 Å². The average molecular weight is 268 g/mol. The third kappa shape index (κ3) is 3.75. The van der Waals surface area contributed by atoms with Crippen LogP contribution >= 0.6 is 11.3 Å². The monoisotopic (exact) mass is 268 g/mol. The van der Waals surface area contributed by atoms with Crippen molar-refractivity contribution in [1.29, 1.82) is 0 Å². The molecule has 0 spiro atoms. The van der Waals surface area contributed by atoms with E-state index in [1.165, 1.54) is 30.2 Å². The maximum Gasteiger partial charge on any atom is 0.107 e. The van der Waals surface area contributed by atoms with Crippen LogP contribution in [-0.2, 0) is 13.1 Å². The Hall–Kier alpha value is -0.490. The van der Waals surface area contributed by atoms with E-state index in [0.29, 0.717) is 6.04 Å². The SMILES string of the molecule is CCNCc1nc(CN2CCC(N(C)C)C2)cs1. The minimum atomic E-state index is 0.713. The third-order valence-electron chi connectivity index (χ3n) is 3.49. The van der Waals surface area contributed by atoms with Gasteiger partial charge in [0.15, 0.2) is 0 Å². The van der Waals surface area contributed by atoms with Gasteiger partial charge in [-0.1, -0.05) is 6.92 Å².